The highest BCUT2D eigenvalue weighted by molar-refractivity contribution is 6.17. The predicted molar refractivity (Wildman–Crippen MR) is 138 cm³/mol. The van der Waals surface area contributed by atoms with Crippen molar-refractivity contribution in [3.8, 4) is 28.7 Å². The van der Waals surface area contributed by atoms with Gasteiger partial charge in [-0.25, -0.2) is 0 Å². The average molecular weight is 439 g/mol. The number of ketones is 1. The van der Waals surface area contributed by atoms with Gasteiger partial charge in [-0.2, -0.15) is 0 Å². The Morgan fingerprint density at radius 2 is 1.35 bits per heavy atom. The normalized spacial score (nSPS) is 10.4. The van der Waals surface area contributed by atoms with Gasteiger partial charge >= 0.3 is 0 Å². The van der Waals surface area contributed by atoms with Crippen LogP contribution >= 0.6 is 0 Å². The second-order valence-electron chi connectivity index (χ2n) is 7.93. The van der Waals surface area contributed by atoms with Gasteiger partial charge in [0.15, 0.2) is 5.78 Å². The molecule has 0 radical (unpaired) electrons. The zero-order valence-electron chi connectivity index (χ0n) is 18.8. The van der Waals surface area contributed by atoms with Crippen molar-refractivity contribution in [1.82, 2.24) is 0 Å². The Bertz CT molecular complexity index is 1520. The van der Waals surface area contributed by atoms with Crippen LogP contribution < -0.4 is 4.74 Å². The molecule has 0 amide bonds. The van der Waals surface area contributed by atoms with Gasteiger partial charge in [0.25, 0.3) is 0 Å². The minimum Gasteiger partial charge on any atom is -0.497 e. The number of fused-ring (bicyclic) bond motifs is 1. The third-order valence-corrected chi connectivity index (χ3v) is 5.82. The molecular weight excluding hydrogens is 416 g/mol. The molecule has 5 rings (SSSR count). The van der Waals surface area contributed by atoms with Crippen LogP contribution in [0.25, 0.3) is 21.9 Å². The fourth-order valence-electron chi connectivity index (χ4n) is 4.10. The van der Waals surface area contributed by atoms with Gasteiger partial charge in [0.1, 0.15) is 5.75 Å². The first-order valence-electron chi connectivity index (χ1n) is 11.1. The highest BCUT2D eigenvalue weighted by Crippen LogP contribution is 2.34. The Hall–Kier alpha value is -4.61. The molecule has 2 heteroatoms. The number of methoxy groups -OCH3 is 1. The standard InChI is InChI=1S/C32H22O2/c1-34-27-19-17-25(18-20-27)32(33)31-29(21-16-23-10-4-2-5-11-23)28-15-9-8-14-26(28)22-30(31)24-12-6-3-7-13-24/h2-15,17-20,22H,1H3. The lowest BCUT2D eigenvalue weighted by atomic mass is 9.86. The summed E-state index contributed by atoms with van der Waals surface area (Å²) >= 11 is 0. The Morgan fingerprint density at radius 3 is 2.06 bits per heavy atom. The zero-order chi connectivity index (χ0) is 23.3. The van der Waals surface area contributed by atoms with Crippen LogP contribution in [0.3, 0.4) is 0 Å². The SMILES string of the molecule is COc1ccc(C(=O)c2c(-c3ccccc3)cc3ccccc3c2C#Cc2ccccc2)cc1. The molecule has 0 saturated heterocycles. The van der Waals surface area contributed by atoms with E-state index in [0.717, 1.165) is 33.0 Å². The smallest absolute Gasteiger partial charge is 0.194 e. The van der Waals surface area contributed by atoms with Gasteiger partial charge in [0.2, 0.25) is 0 Å². The fourth-order valence-corrected chi connectivity index (χ4v) is 4.10. The molecule has 5 aromatic rings. The van der Waals surface area contributed by atoms with Gasteiger partial charge in [0, 0.05) is 22.3 Å². The van der Waals surface area contributed by atoms with Crippen molar-refractivity contribution in [1.29, 1.82) is 0 Å². The van der Waals surface area contributed by atoms with E-state index < -0.39 is 0 Å². The maximum Gasteiger partial charge on any atom is 0.194 e. The van der Waals surface area contributed by atoms with E-state index in [4.69, 9.17) is 4.74 Å². The molecule has 0 saturated carbocycles. The summed E-state index contributed by atoms with van der Waals surface area (Å²) in [6.45, 7) is 0. The molecule has 0 fully saturated rings. The van der Waals surface area contributed by atoms with Gasteiger partial charge < -0.3 is 4.74 Å². The quantitative estimate of drug-likeness (QED) is 0.220. The van der Waals surface area contributed by atoms with Crippen LogP contribution in [0, 0.1) is 11.8 Å². The topological polar surface area (TPSA) is 26.3 Å². The van der Waals surface area contributed by atoms with Crippen molar-refractivity contribution in [3.63, 3.8) is 0 Å². The molecule has 0 aromatic heterocycles. The second-order valence-corrected chi connectivity index (χ2v) is 7.93. The number of carbonyl (C=O) groups is 1. The third kappa shape index (κ3) is 4.20. The fraction of sp³-hybridized carbons (Fsp3) is 0.0312. The van der Waals surface area contributed by atoms with E-state index >= 15 is 0 Å². The molecule has 0 heterocycles. The molecule has 0 bridgehead atoms. The largest absolute Gasteiger partial charge is 0.497 e. The highest BCUT2D eigenvalue weighted by Gasteiger charge is 2.21. The van der Waals surface area contributed by atoms with E-state index in [2.05, 4.69) is 24.0 Å². The lowest BCUT2D eigenvalue weighted by molar-refractivity contribution is 0.103. The number of ether oxygens (including phenoxy) is 1. The predicted octanol–water partition coefficient (Wildman–Crippen LogP) is 7.15. The van der Waals surface area contributed by atoms with Gasteiger partial charge in [-0.15, -0.1) is 0 Å². The average Bonchev–Trinajstić information content (AvgIpc) is 2.92. The first-order chi connectivity index (χ1) is 16.7. The summed E-state index contributed by atoms with van der Waals surface area (Å²) in [5, 5.41) is 2.01. The van der Waals surface area contributed by atoms with E-state index in [1.165, 1.54) is 0 Å². The molecule has 34 heavy (non-hydrogen) atoms. The van der Waals surface area contributed by atoms with Crippen molar-refractivity contribution in [2.45, 2.75) is 0 Å². The minimum atomic E-state index is -0.0652. The van der Waals surface area contributed by atoms with E-state index in [9.17, 15) is 4.79 Å². The molecule has 0 aliphatic rings. The molecule has 0 aliphatic carbocycles. The lowest BCUT2D eigenvalue weighted by Crippen LogP contribution is -2.07. The molecular formula is C32H22O2. The second kappa shape index (κ2) is 9.48. The number of rotatable bonds is 4. The number of hydrogen-bond donors (Lipinski definition) is 0. The molecule has 2 nitrogen and oxygen atoms in total. The zero-order valence-corrected chi connectivity index (χ0v) is 18.8. The molecule has 0 atom stereocenters. The van der Waals surface area contributed by atoms with Crippen LogP contribution in [-0.2, 0) is 0 Å². The summed E-state index contributed by atoms with van der Waals surface area (Å²) in [6.07, 6.45) is 0. The maximum atomic E-state index is 14.0. The first-order valence-corrected chi connectivity index (χ1v) is 11.1. The summed E-state index contributed by atoms with van der Waals surface area (Å²) in [5.74, 6) is 7.28. The van der Waals surface area contributed by atoms with E-state index in [-0.39, 0.29) is 5.78 Å². The van der Waals surface area contributed by atoms with Crippen LogP contribution in [0.1, 0.15) is 27.0 Å². The van der Waals surface area contributed by atoms with Gasteiger partial charge in [-0.05, 0) is 64.4 Å². The van der Waals surface area contributed by atoms with Crippen molar-refractivity contribution in [3.05, 3.63) is 138 Å². The summed E-state index contributed by atoms with van der Waals surface area (Å²) in [6, 6.07) is 37.3. The Morgan fingerprint density at radius 1 is 0.706 bits per heavy atom. The summed E-state index contributed by atoms with van der Waals surface area (Å²) in [4.78, 5) is 14.0. The highest BCUT2D eigenvalue weighted by atomic mass is 16.5. The van der Waals surface area contributed by atoms with E-state index in [1.807, 2.05) is 91.0 Å². The summed E-state index contributed by atoms with van der Waals surface area (Å²) in [5.41, 5.74) is 4.70. The molecule has 5 aromatic carbocycles. The van der Waals surface area contributed by atoms with Crippen molar-refractivity contribution in [2.75, 3.05) is 7.11 Å². The Kier molecular flexibility index (Phi) is 5.93. The molecule has 0 aliphatic heterocycles. The molecule has 162 valence electrons. The van der Waals surface area contributed by atoms with Gasteiger partial charge in [-0.3, -0.25) is 4.79 Å². The monoisotopic (exact) mass is 438 g/mol. The summed E-state index contributed by atoms with van der Waals surface area (Å²) < 4.78 is 5.28. The number of hydrogen-bond acceptors (Lipinski definition) is 2. The van der Waals surface area contributed by atoms with Crippen LogP contribution in [0.4, 0.5) is 0 Å². The van der Waals surface area contributed by atoms with Gasteiger partial charge in [0.05, 0.1) is 7.11 Å². The minimum absolute atomic E-state index is 0.0652. The van der Waals surface area contributed by atoms with Crippen molar-refractivity contribution in [2.24, 2.45) is 0 Å². The number of carbonyl (C=O) groups excluding carboxylic acids is 1. The van der Waals surface area contributed by atoms with Crippen molar-refractivity contribution < 1.29 is 9.53 Å². The van der Waals surface area contributed by atoms with Crippen LogP contribution in [0.2, 0.25) is 0 Å². The first kappa shape index (κ1) is 21.2. The van der Waals surface area contributed by atoms with Gasteiger partial charge in [-0.1, -0.05) is 84.6 Å². The van der Waals surface area contributed by atoms with Crippen molar-refractivity contribution >= 4 is 16.6 Å². The maximum absolute atomic E-state index is 14.0. The third-order valence-electron chi connectivity index (χ3n) is 5.82. The van der Waals surface area contributed by atoms with Crippen LogP contribution in [0.5, 0.6) is 5.75 Å². The van der Waals surface area contributed by atoms with Crippen LogP contribution in [-0.4, -0.2) is 12.9 Å². The molecule has 0 spiro atoms. The number of benzene rings is 5. The Balaban J connectivity index is 1.81. The van der Waals surface area contributed by atoms with Crippen LogP contribution in [0.15, 0.2) is 115 Å². The Labute approximate surface area is 199 Å². The van der Waals surface area contributed by atoms with E-state index in [1.54, 1.807) is 19.2 Å². The molecule has 0 unspecified atom stereocenters. The lowest BCUT2D eigenvalue weighted by Gasteiger charge is -2.15. The van der Waals surface area contributed by atoms with E-state index in [0.29, 0.717) is 16.9 Å². The molecule has 0 N–H and O–H groups in total. The summed E-state index contributed by atoms with van der Waals surface area (Å²) in [7, 11) is 1.62.